The van der Waals surface area contributed by atoms with Gasteiger partial charge in [0, 0.05) is 6.42 Å². The molecular weight excluding hydrogens is 228 g/mol. The second kappa shape index (κ2) is 3.69. The number of hydrogen-bond acceptors (Lipinski definition) is 4. The molecule has 1 aromatic rings. The lowest BCUT2D eigenvalue weighted by molar-refractivity contribution is -0.119. The zero-order valence-electron chi connectivity index (χ0n) is 9.30. The summed E-state index contributed by atoms with van der Waals surface area (Å²) in [7, 11) is -3.34. The molecule has 16 heavy (non-hydrogen) atoms. The molecule has 1 aliphatic rings. The molecule has 0 spiro atoms. The predicted octanol–water partition coefficient (Wildman–Crippen LogP) is 0.753. The van der Waals surface area contributed by atoms with Crippen molar-refractivity contribution in [3.63, 3.8) is 0 Å². The van der Waals surface area contributed by atoms with Crippen LogP contribution in [0, 0.1) is 0 Å². The molecule has 0 saturated heterocycles. The molecule has 2 rings (SSSR count). The van der Waals surface area contributed by atoms with Gasteiger partial charge < -0.3 is 0 Å². The Morgan fingerprint density at radius 2 is 2.12 bits per heavy atom. The summed E-state index contributed by atoms with van der Waals surface area (Å²) in [5.74, 6) is -0.0276. The molecule has 0 aromatic carbocycles. The molecule has 0 N–H and O–H groups in total. The van der Waals surface area contributed by atoms with Crippen molar-refractivity contribution in [1.82, 2.24) is 9.78 Å². The van der Waals surface area contributed by atoms with Crippen molar-refractivity contribution >= 4 is 15.6 Å². The largest absolute Gasteiger partial charge is 0.298 e. The van der Waals surface area contributed by atoms with Gasteiger partial charge in [0.05, 0.1) is 11.4 Å². The van der Waals surface area contributed by atoms with Gasteiger partial charge in [0.15, 0.2) is 20.6 Å². The molecule has 6 heteroatoms. The molecule has 0 unspecified atom stereocenters. The average Bonchev–Trinajstić information content (AvgIpc) is 2.56. The summed E-state index contributed by atoms with van der Waals surface area (Å²) in [6.45, 7) is 3.95. The second-order valence-corrected chi connectivity index (χ2v) is 6.38. The molecule has 0 bridgehead atoms. The van der Waals surface area contributed by atoms with Crippen LogP contribution in [0.5, 0.6) is 0 Å². The Morgan fingerprint density at radius 1 is 1.44 bits per heavy atom. The van der Waals surface area contributed by atoms with Crippen LogP contribution in [0.3, 0.4) is 0 Å². The van der Waals surface area contributed by atoms with Gasteiger partial charge in [-0.25, -0.2) is 13.1 Å². The van der Waals surface area contributed by atoms with E-state index in [1.54, 1.807) is 6.07 Å². The summed E-state index contributed by atoms with van der Waals surface area (Å²) in [5, 5.41) is 4.36. The first-order chi connectivity index (χ1) is 7.40. The maximum Gasteiger partial charge on any atom is 0.195 e. The minimum Gasteiger partial charge on any atom is -0.298 e. The summed E-state index contributed by atoms with van der Waals surface area (Å²) < 4.78 is 25.0. The van der Waals surface area contributed by atoms with Crippen LogP contribution in [-0.2, 0) is 21.2 Å². The molecule has 1 aromatic heterocycles. The van der Waals surface area contributed by atoms with Gasteiger partial charge in [-0.05, 0) is 12.0 Å². The Labute approximate surface area is 94.4 Å². The van der Waals surface area contributed by atoms with Crippen LogP contribution in [0.2, 0.25) is 0 Å². The number of rotatable bonds is 1. The van der Waals surface area contributed by atoms with Crippen LogP contribution in [-0.4, -0.2) is 29.7 Å². The van der Waals surface area contributed by atoms with Crippen LogP contribution in [0.1, 0.15) is 31.9 Å². The van der Waals surface area contributed by atoms with Crippen molar-refractivity contribution in [2.24, 2.45) is 0 Å². The monoisotopic (exact) mass is 242 g/mol. The first kappa shape index (κ1) is 11.3. The van der Waals surface area contributed by atoms with E-state index in [9.17, 15) is 13.2 Å². The van der Waals surface area contributed by atoms with Gasteiger partial charge in [0.2, 0.25) is 0 Å². The van der Waals surface area contributed by atoms with Gasteiger partial charge in [-0.2, -0.15) is 5.10 Å². The van der Waals surface area contributed by atoms with Crippen molar-refractivity contribution in [2.45, 2.75) is 37.8 Å². The van der Waals surface area contributed by atoms with Crippen LogP contribution in [0.15, 0.2) is 11.1 Å². The zero-order chi connectivity index (χ0) is 11.9. The van der Waals surface area contributed by atoms with Gasteiger partial charge in [-0.1, -0.05) is 13.8 Å². The fourth-order valence-corrected chi connectivity index (χ4v) is 3.10. The number of nitrogens with zero attached hydrogens (tertiary/aromatic N) is 2. The molecule has 0 saturated carbocycles. The SMILES string of the molecule is CC(C)c1cc2n(n1)CC(=O)CCS2(=O)=O. The van der Waals surface area contributed by atoms with Gasteiger partial charge in [-0.3, -0.25) is 4.79 Å². The fourth-order valence-electron chi connectivity index (χ4n) is 1.66. The highest BCUT2D eigenvalue weighted by Gasteiger charge is 2.27. The predicted molar refractivity (Wildman–Crippen MR) is 58.0 cm³/mol. The number of fused-ring (bicyclic) bond motifs is 1. The second-order valence-electron chi connectivity index (χ2n) is 4.33. The highest BCUT2D eigenvalue weighted by molar-refractivity contribution is 7.91. The Hall–Kier alpha value is -1.17. The fraction of sp³-hybridized carbons (Fsp3) is 0.600. The minimum atomic E-state index is -3.34. The highest BCUT2D eigenvalue weighted by Crippen LogP contribution is 2.21. The lowest BCUT2D eigenvalue weighted by atomic mass is 10.1. The zero-order valence-corrected chi connectivity index (χ0v) is 10.1. The minimum absolute atomic E-state index is 0.0707. The molecule has 0 amide bonds. The van der Waals surface area contributed by atoms with E-state index in [1.807, 2.05) is 13.8 Å². The summed E-state index contributed by atoms with van der Waals surface area (Å²) in [5.41, 5.74) is 0.716. The van der Waals surface area contributed by atoms with Crippen LogP contribution >= 0.6 is 0 Å². The van der Waals surface area contributed by atoms with Crippen molar-refractivity contribution in [3.8, 4) is 0 Å². The highest BCUT2D eigenvalue weighted by atomic mass is 32.2. The average molecular weight is 242 g/mol. The number of carbonyl (C=O) groups is 1. The first-order valence-electron chi connectivity index (χ1n) is 5.22. The van der Waals surface area contributed by atoms with E-state index in [4.69, 9.17) is 0 Å². The Balaban J connectivity index is 2.57. The molecule has 0 radical (unpaired) electrons. The van der Waals surface area contributed by atoms with Gasteiger partial charge in [-0.15, -0.1) is 0 Å². The van der Waals surface area contributed by atoms with Crippen molar-refractivity contribution < 1.29 is 13.2 Å². The van der Waals surface area contributed by atoms with Crippen LogP contribution < -0.4 is 0 Å². The van der Waals surface area contributed by atoms with Crippen molar-refractivity contribution in [1.29, 1.82) is 0 Å². The van der Waals surface area contributed by atoms with E-state index < -0.39 is 9.84 Å². The first-order valence-corrected chi connectivity index (χ1v) is 6.87. The summed E-state index contributed by atoms with van der Waals surface area (Å²) in [6.07, 6.45) is 0.0860. The standard InChI is InChI=1S/C10H14N2O3S/c1-7(2)9-5-10-12(11-9)6-8(13)3-4-16(10,14)15/h5,7H,3-4,6H2,1-2H3. The third-order valence-electron chi connectivity index (χ3n) is 2.65. The van der Waals surface area contributed by atoms with E-state index in [2.05, 4.69) is 5.10 Å². The summed E-state index contributed by atoms with van der Waals surface area (Å²) in [6, 6.07) is 1.58. The summed E-state index contributed by atoms with van der Waals surface area (Å²) >= 11 is 0. The molecule has 88 valence electrons. The third kappa shape index (κ3) is 1.89. The Bertz CT molecular complexity index is 528. The van der Waals surface area contributed by atoms with Crippen LogP contribution in [0.25, 0.3) is 0 Å². The molecule has 0 aliphatic carbocycles. The van der Waals surface area contributed by atoms with E-state index in [0.717, 1.165) is 0 Å². The van der Waals surface area contributed by atoms with Crippen molar-refractivity contribution in [2.75, 3.05) is 5.75 Å². The number of aromatic nitrogens is 2. The Kier molecular flexibility index (Phi) is 2.61. The van der Waals surface area contributed by atoms with Gasteiger partial charge >= 0.3 is 0 Å². The number of Topliss-reactive ketones (excluding diaryl/α,β-unsaturated/α-hetero) is 1. The maximum atomic E-state index is 11.9. The number of hydrogen-bond donors (Lipinski definition) is 0. The maximum absolute atomic E-state index is 11.9. The lowest BCUT2D eigenvalue weighted by Gasteiger charge is -1.99. The molecule has 1 aliphatic heterocycles. The normalized spacial score (nSPS) is 19.6. The summed E-state index contributed by atoms with van der Waals surface area (Å²) in [4.78, 5) is 11.4. The topological polar surface area (TPSA) is 69.0 Å². The van der Waals surface area contributed by atoms with E-state index in [1.165, 1.54) is 4.68 Å². The molecule has 2 heterocycles. The number of sulfone groups is 1. The number of carbonyl (C=O) groups excluding carboxylic acids is 1. The van der Waals surface area contributed by atoms with Gasteiger partial charge in [0.1, 0.15) is 6.54 Å². The van der Waals surface area contributed by atoms with Crippen molar-refractivity contribution in [3.05, 3.63) is 11.8 Å². The number of ketones is 1. The molecule has 0 fully saturated rings. The molecule has 5 nitrogen and oxygen atoms in total. The van der Waals surface area contributed by atoms with E-state index in [0.29, 0.717) is 5.69 Å². The molecule has 0 atom stereocenters. The van der Waals surface area contributed by atoms with Crippen LogP contribution in [0.4, 0.5) is 0 Å². The quantitative estimate of drug-likeness (QED) is 0.728. The van der Waals surface area contributed by atoms with Gasteiger partial charge in [0.25, 0.3) is 0 Å². The Morgan fingerprint density at radius 3 is 2.75 bits per heavy atom. The molecular formula is C10H14N2O3S. The lowest BCUT2D eigenvalue weighted by Crippen LogP contribution is -2.10. The van der Waals surface area contributed by atoms with E-state index in [-0.39, 0.29) is 35.4 Å². The van der Waals surface area contributed by atoms with E-state index >= 15 is 0 Å². The third-order valence-corrected chi connectivity index (χ3v) is 4.36. The smallest absolute Gasteiger partial charge is 0.195 e.